The van der Waals surface area contributed by atoms with Gasteiger partial charge in [0, 0.05) is 18.8 Å². The highest BCUT2D eigenvalue weighted by Gasteiger charge is 2.18. The molecule has 0 aliphatic carbocycles. The van der Waals surface area contributed by atoms with Crippen LogP contribution < -0.4 is 15.8 Å². The van der Waals surface area contributed by atoms with Crippen molar-refractivity contribution in [2.75, 3.05) is 18.8 Å². The number of hydrogen-bond donors (Lipinski definition) is 3. The lowest BCUT2D eigenvalue weighted by atomic mass is 10.2. The SMILES string of the molecule is Cc1c(N)cccc1S(=O)(=O)NCCNC(=O)OC(C)(C)C. The van der Waals surface area contributed by atoms with Gasteiger partial charge in [-0.1, -0.05) is 6.07 Å². The Morgan fingerprint density at radius 2 is 1.91 bits per heavy atom. The van der Waals surface area contributed by atoms with Crippen LogP contribution in [0.25, 0.3) is 0 Å². The summed E-state index contributed by atoms with van der Waals surface area (Å²) in [6.07, 6.45) is -0.591. The fraction of sp³-hybridized carbons (Fsp3) is 0.500. The molecule has 0 unspecified atom stereocenters. The summed E-state index contributed by atoms with van der Waals surface area (Å²) in [5, 5.41) is 2.48. The number of ether oxygens (including phenoxy) is 1. The molecule has 22 heavy (non-hydrogen) atoms. The topological polar surface area (TPSA) is 111 Å². The Bertz CT molecular complexity index is 636. The van der Waals surface area contributed by atoms with Gasteiger partial charge in [-0.15, -0.1) is 0 Å². The molecule has 4 N–H and O–H groups in total. The number of nitrogens with two attached hydrogens (primary N) is 1. The van der Waals surface area contributed by atoms with Gasteiger partial charge >= 0.3 is 6.09 Å². The maximum Gasteiger partial charge on any atom is 0.407 e. The Morgan fingerprint density at radius 3 is 2.50 bits per heavy atom. The molecule has 0 fully saturated rings. The van der Waals surface area contributed by atoms with Gasteiger partial charge in [-0.2, -0.15) is 0 Å². The van der Waals surface area contributed by atoms with Crippen molar-refractivity contribution >= 4 is 21.8 Å². The molecule has 1 rings (SSSR count). The maximum absolute atomic E-state index is 12.2. The number of anilines is 1. The van der Waals surface area contributed by atoms with Crippen molar-refractivity contribution in [2.45, 2.75) is 38.2 Å². The average Bonchev–Trinajstić information content (AvgIpc) is 2.35. The van der Waals surface area contributed by atoms with Gasteiger partial charge in [0.05, 0.1) is 4.90 Å². The summed E-state index contributed by atoms with van der Waals surface area (Å²) >= 11 is 0. The van der Waals surface area contributed by atoms with Crippen LogP contribution in [0.15, 0.2) is 23.1 Å². The largest absolute Gasteiger partial charge is 0.444 e. The minimum Gasteiger partial charge on any atom is -0.444 e. The first-order valence-corrected chi connectivity index (χ1v) is 8.33. The van der Waals surface area contributed by atoms with Crippen molar-refractivity contribution in [3.05, 3.63) is 23.8 Å². The fourth-order valence-electron chi connectivity index (χ4n) is 1.66. The van der Waals surface area contributed by atoms with Gasteiger partial charge in [0.25, 0.3) is 0 Å². The van der Waals surface area contributed by atoms with E-state index in [-0.39, 0.29) is 18.0 Å². The Balaban J connectivity index is 2.54. The van der Waals surface area contributed by atoms with Gasteiger partial charge in [-0.25, -0.2) is 17.9 Å². The standard InChI is InChI=1S/C14H23N3O4S/c1-10-11(15)6-5-7-12(10)22(19,20)17-9-8-16-13(18)21-14(2,3)4/h5-7,17H,8-9,15H2,1-4H3,(H,16,18). The molecule has 0 bridgehead atoms. The second-order valence-corrected chi connectivity index (χ2v) is 7.53. The monoisotopic (exact) mass is 329 g/mol. The predicted octanol–water partition coefficient (Wildman–Crippen LogP) is 1.38. The fourth-order valence-corrected chi connectivity index (χ4v) is 2.97. The summed E-state index contributed by atoms with van der Waals surface area (Å²) in [5.74, 6) is 0. The van der Waals surface area contributed by atoms with Gasteiger partial charge in [-0.05, 0) is 45.4 Å². The zero-order valence-electron chi connectivity index (χ0n) is 13.3. The number of amides is 1. The number of nitrogen functional groups attached to an aromatic ring is 1. The van der Waals surface area contributed by atoms with E-state index in [0.29, 0.717) is 11.3 Å². The Labute approximate surface area is 131 Å². The van der Waals surface area contributed by atoms with E-state index < -0.39 is 21.7 Å². The van der Waals surface area contributed by atoms with E-state index in [1.165, 1.54) is 6.07 Å². The van der Waals surface area contributed by atoms with Crippen molar-refractivity contribution in [1.82, 2.24) is 10.0 Å². The van der Waals surface area contributed by atoms with Crippen molar-refractivity contribution in [3.8, 4) is 0 Å². The highest BCUT2D eigenvalue weighted by molar-refractivity contribution is 7.89. The van der Waals surface area contributed by atoms with Crippen LogP contribution in [0.1, 0.15) is 26.3 Å². The molecule has 0 spiro atoms. The van der Waals surface area contributed by atoms with E-state index in [1.807, 2.05) is 0 Å². The molecule has 1 aromatic carbocycles. The van der Waals surface area contributed by atoms with Crippen molar-refractivity contribution < 1.29 is 17.9 Å². The summed E-state index contributed by atoms with van der Waals surface area (Å²) in [6, 6.07) is 4.70. The lowest BCUT2D eigenvalue weighted by Crippen LogP contribution is -2.38. The molecular formula is C14H23N3O4S. The second kappa shape index (κ2) is 6.97. The van der Waals surface area contributed by atoms with Crippen LogP contribution in [0.2, 0.25) is 0 Å². The van der Waals surface area contributed by atoms with E-state index in [2.05, 4.69) is 10.0 Å². The van der Waals surface area contributed by atoms with E-state index in [0.717, 1.165) is 0 Å². The summed E-state index contributed by atoms with van der Waals surface area (Å²) in [5.41, 5.74) is 6.02. The van der Waals surface area contributed by atoms with E-state index in [4.69, 9.17) is 10.5 Å². The first kappa shape index (κ1) is 18.2. The minimum atomic E-state index is -3.67. The van der Waals surface area contributed by atoms with Crippen molar-refractivity contribution in [2.24, 2.45) is 0 Å². The molecule has 0 heterocycles. The van der Waals surface area contributed by atoms with Crippen LogP contribution in [-0.2, 0) is 14.8 Å². The van der Waals surface area contributed by atoms with Crippen LogP contribution >= 0.6 is 0 Å². The summed E-state index contributed by atoms with van der Waals surface area (Å²) in [6.45, 7) is 7.06. The van der Waals surface area contributed by atoms with Crippen LogP contribution in [-0.4, -0.2) is 33.2 Å². The van der Waals surface area contributed by atoms with Gasteiger partial charge in [-0.3, -0.25) is 0 Å². The number of benzene rings is 1. The smallest absolute Gasteiger partial charge is 0.407 e. The molecule has 0 aliphatic heterocycles. The lowest BCUT2D eigenvalue weighted by Gasteiger charge is -2.19. The molecule has 0 saturated carbocycles. The maximum atomic E-state index is 12.2. The number of carbonyl (C=O) groups is 1. The van der Waals surface area contributed by atoms with Gasteiger partial charge in [0.15, 0.2) is 0 Å². The van der Waals surface area contributed by atoms with Crippen LogP contribution in [0.4, 0.5) is 10.5 Å². The number of alkyl carbamates (subject to hydrolysis) is 1. The highest BCUT2D eigenvalue weighted by Crippen LogP contribution is 2.19. The van der Waals surface area contributed by atoms with Crippen molar-refractivity contribution in [1.29, 1.82) is 0 Å². The molecule has 1 aromatic rings. The summed E-state index contributed by atoms with van der Waals surface area (Å²) in [4.78, 5) is 11.6. The quantitative estimate of drug-likeness (QED) is 0.558. The third-order valence-electron chi connectivity index (χ3n) is 2.70. The molecule has 124 valence electrons. The van der Waals surface area contributed by atoms with E-state index >= 15 is 0 Å². The zero-order chi connectivity index (χ0) is 17.0. The zero-order valence-corrected chi connectivity index (χ0v) is 14.1. The molecule has 7 nitrogen and oxygen atoms in total. The number of rotatable bonds is 5. The number of nitrogens with one attached hydrogen (secondary N) is 2. The van der Waals surface area contributed by atoms with E-state index in [9.17, 15) is 13.2 Å². The summed E-state index contributed by atoms with van der Waals surface area (Å²) < 4.78 is 31.8. The first-order chi connectivity index (χ1) is 10.0. The molecule has 0 radical (unpaired) electrons. The number of sulfonamides is 1. The van der Waals surface area contributed by atoms with Crippen LogP contribution in [0, 0.1) is 6.92 Å². The molecule has 0 aromatic heterocycles. The molecule has 8 heteroatoms. The van der Waals surface area contributed by atoms with Gasteiger partial charge < -0.3 is 15.8 Å². The lowest BCUT2D eigenvalue weighted by molar-refractivity contribution is 0.0529. The van der Waals surface area contributed by atoms with Crippen molar-refractivity contribution in [3.63, 3.8) is 0 Å². The first-order valence-electron chi connectivity index (χ1n) is 6.84. The van der Waals surface area contributed by atoms with Gasteiger partial charge in [0.1, 0.15) is 5.60 Å². The highest BCUT2D eigenvalue weighted by atomic mass is 32.2. The number of hydrogen-bond acceptors (Lipinski definition) is 5. The Hall–Kier alpha value is -1.80. The third kappa shape index (κ3) is 5.53. The molecule has 0 aliphatic rings. The molecule has 0 atom stereocenters. The summed E-state index contributed by atoms with van der Waals surface area (Å²) in [7, 11) is -3.67. The second-order valence-electron chi connectivity index (χ2n) is 5.80. The normalized spacial score (nSPS) is 12.0. The third-order valence-corrected chi connectivity index (χ3v) is 4.31. The number of carbonyl (C=O) groups excluding carboxylic acids is 1. The Morgan fingerprint density at radius 1 is 1.27 bits per heavy atom. The molecule has 1 amide bonds. The molecule has 0 saturated heterocycles. The van der Waals surface area contributed by atoms with Crippen LogP contribution in [0.5, 0.6) is 0 Å². The Kier molecular flexibility index (Phi) is 5.78. The predicted molar refractivity (Wildman–Crippen MR) is 85.0 cm³/mol. The van der Waals surface area contributed by atoms with E-state index in [1.54, 1.807) is 39.8 Å². The molecular weight excluding hydrogens is 306 g/mol. The minimum absolute atomic E-state index is 0.0514. The average molecular weight is 329 g/mol. The van der Waals surface area contributed by atoms with Gasteiger partial charge in [0.2, 0.25) is 10.0 Å². The van der Waals surface area contributed by atoms with Crippen LogP contribution in [0.3, 0.4) is 0 Å².